The normalized spacial score (nSPS) is 10.5. The Kier molecular flexibility index (Phi) is 5.61. The fraction of sp³-hybridized carbons (Fsp3) is 0.214. The fourth-order valence-corrected chi connectivity index (χ4v) is 2.49. The van der Waals surface area contributed by atoms with Gasteiger partial charge in [0, 0.05) is 17.4 Å². The van der Waals surface area contributed by atoms with Gasteiger partial charge in [-0.05, 0) is 12.1 Å². The topological polar surface area (TPSA) is 59.8 Å². The Morgan fingerprint density at radius 2 is 2.05 bits per heavy atom. The lowest BCUT2D eigenvalue weighted by molar-refractivity contribution is 0.0947. The minimum absolute atomic E-state index is 0.0570. The molecule has 22 heavy (non-hydrogen) atoms. The first-order chi connectivity index (χ1) is 10.4. The summed E-state index contributed by atoms with van der Waals surface area (Å²) in [4.78, 5) is 16.3. The molecule has 2 rings (SSSR count). The molecule has 1 N–H and O–H groups in total. The Morgan fingerprint density at radius 1 is 1.41 bits per heavy atom. The summed E-state index contributed by atoms with van der Waals surface area (Å²) < 4.78 is 2.16. The number of benzene rings is 1. The molecule has 0 spiro atoms. The second kappa shape index (κ2) is 7.26. The molecule has 116 valence electrons. The summed E-state index contributed by atoms with van der Waals surface area (Å²) in [6.07, 6.45) is 0.576. The van der Waals surface area contributed by atoms with E-state index >= 15 is 0 Å². The third-order valence-electron chi connectivity index (χ3n) is 2.78. The zero-order chi connectivity index (χ0) is 16.3. The van der Waals surface area contributed by atoms with E-state index in [0.717, 1.165) is 0 Å². The van der Waals surface area contributed by atoms with Crippen molar-refractivity contribution in [1.29, 1.82) is 0 Å². The van der Waals surface area contributed by atoms with Crippen molar-refractivity contribution in [2.45, 2.75) is 13.3 Å². The van der Waals surface area contributed by atoms with E-state index in [-0.39, 0.29) is 5.82 Å². The van der Waals surface area contributed by atoms with Crippen LogP contribution in [-0.2, 0) is 6.42 Å². The second-order valence-electron chi connectivity index (χ2n) is 4.39. The highest BCUT2D eigenvalue weighted by molar-refractivity contribution is 9.11. The number of aromatic nitrogens is 3. The first kappa shape index (κ1) is 17.0. The minimum Gasteiger partial charge on any atom is -0.345 e. The lowest BCUT2D eigenvalue weighted by Crippen LogP contribution is -2.25. The maximum Gasteiger partial charge on any atom is 0.291 e. The molecule has 0 saturated carbocycles. The van der Waals surface area contributed by atoms with E-state index in [9.17, 15) is 4.79 Å². The molecule has 0 atom stereocenters. The van der Waals surface area contributed by atoms with Crippen molar-refractivity contribution in [3.63, 3.8) is 0 Å². The first-order valence-electron chi connectivity index (χ1n) is 6.45. The van der Waals surface area contributed by atoms with Crippen LogP contribution in [0, 0.1) is 0 Å². The summed E-state index contributed by atoms with van der Waals surface area (Å²) in [5.41, 5.74) is 0.513. The summed E-state index contributed by atoms with van der Waals surface area (Å²) in [5, 5.41) is 7.76. The van der Waals surface area contributed by atoms with E-state index < -0.39 is 5.91 Å². The van der Waals surface area contributed by atoms with Gasteiger partial charge in [0.2, 0.25) is 5.82 Å². The van der Waals surface area contributed by atoms with E-state index in [1.54, 1.807) is 18.2 Å². The molecule has 0 aliphatic rings. The van der Waals surface area contributed by atoms with E-state index in [4.69, 9.17) is 23.2 Å². The number of rotatable bonds is 5. The minimum atomic E-state index is -0.391. The van der Waals surface area contributed by atoms with Crippen LogP contribution in [0.4, 0.5) is 0 Å². The number of aryl methyl sites for hydroxylation is 1. The van der Waals surface area contributed by atoms with Crippen LogP contribution in [0.25, 0.3) is 5.69 Å². The molecular weight excluding hydrogens is 391 g/mol. The number of amides is 1. The lowest BCUT2D eigenvalue weighted by Gasteiger charge is -2.08. The molecule has 0 fully saturated rings. The van der Waals surface area contributed by atoms with Gasteiger partial charge in [0.1, 0.15) is 11.5 Å². The number of halogens is 3. The van der Waals surface area contributed by atoms with E-state index in [0.29, 0.717) is 39.0 Å². The van der Waals surface area contributed by atoms with Gasteiger partial charge in [0.25, 0.3) is 5.91 Å². The van der Waals surface area contributed by atoms with Crippen LogP contribution in [0.15, 0.2) is 29.3 Å². The van der Waals surface area contributed by atoms with Gasteiger partial charge in [0.05, 0.1) is 10.0 Å². The molecule has 0 aliphatic heterocycles. The third kappa shape index (κ3) is 3.69. The zero-order valence-corrected chi connectivity index (χ0v) is 14.8. The quantitative estimate of drug-likeness (QED) is 0.826. The first-order valence-corrected chi connectivity index (χ1v) is 8.00. The largest absolute Gasteiger partial charge is 0.345 e. The molecule has 1 aromatic carbocycles. The number of nitrogens with one attached hydrogen (secondary N) is 1. The number of hydrogen-bond acceptors (Lipinski definition) is 3. The van der Waals surface area contributed by atoms with Gasteiger partial charge >= 0.3 is 0 Å². The Labute approximate surface area is 146 Å². The molecule has 1 amide bonds. The van der Waals surface area contributed by atoms with Gasteiger partial charge in [-0.2, -0.15) is 0 Å². The van der Waals surface area contributed by atoms with Crippen molar-refractivity contribution in [3.05, 3.63) is 51.0 Å². The van der Waals surface area contributed by atoms with Crippen molar-refractivity contribution in [2.24, 2.45) is 0 Å². The lowest BCUT2D eigenvalue weighted by atomic mass is 10.3. The maximum absolute atomic E-state index is 12.1. The molecule has 5 nitrogen and oxygen atoms in total. The van der Waals surface area contributed by atoms with Crippen LogP contribution in [0.2, 0.25) is 10.0 Å². The monoisotopic (exact) mass is 402 g/mol. The number of hydrogen-bond donors (Lipinski definition) is 1. The van der Waals surface area contributed by atoms with Gasteiger partial charge in [-0.25, -0.2) is 9.67 Å². The van der Waals surface area contributed by atoms with Crippen LogP contribution < -0.4 is 5.32 Å². The Bertz CT molecular complexity index is 709. The van der Waals surface area contributed by atoms with Crippen molar-refractivity contribution in [2.75, 3.05) is 6.54 Å². The van der Waals surface area contributed by atoms with Gasteiger partial charge in [0.15, 0.2) is 0 Å². The van der Waals surface area contributed by atoms with Gasteiger partial charge in [-0.3, -0.25) is 4.79 Å². The van der Waals surface area contributed by atoms with E-state index in [2.05, 4.69) is 37.9 Å². The molecule has 1 aromatic heterocycles. The maximum atomic E-state index is 12.1. The van der Waals surface area contributed by atoms with Gasteiger partial charge < -0.3 is 5.32 Å². The summed E-state index contributed by atoms with van der Waals surface area (Å²) >= 11 is 15.6. The summed E-state index contributed by atoms with van der Waals surface area (Å²) in [5.74, 6) is 0.261. The smallest absolute Gasteiger partial charge is 0.291 e. The van der Waals surface area contributed by atoms with Crippen molar-refractivity contribution in [3.8, 4) is 5.69 Å². The summed E-state index contributed by atoms with van der Waals surface area (Å²) in [6.45, 7) is 5.85. The molecule has 0 saturated heterocycles. The Balaban J connectivity index is 2.41. The van der Waals surface area contributed by atoms with Gasteiger partial charge in [-0.15, -0.1) is 5.10 Å². The van der Waals surface area contributed by atoms with E-state index in [1.165, 1.54) is 4.68 Å². The zero-order valence-electron chi connectivity index (χ0n) is 11.7. The number of carbonyl (C=O) groups excluding carboxylic acids is 1. The summed E-state index contributed by atoms with van der Waals surface area (Å²) in [7, 11) is 0. The number of carbonyl (C=O) groups is 1. The Hall–Kier alpha value is -1.37. The highest BCUT2D eigenvalue weighted by Gasteiger charge is 2.19. The Morgan fingerprint density at radius 3 is 2.59 bits per heavy atom. The summed E-state index contributed by atoms with van der Waals surface area (Å²) in [6, 6.07) is 5.16. The van der Waals surface area contributed by atoms with Gasteiger partial charge in [-0.1, -0.05) is 58.7 Å². The predicted molar refractivity (Wildman–Crippen MR) is 91.2 cm³/mol. The SMILES string of the molecule is C=C(Br)CNC(=O)c1nc(CC)n(-c2c(Cl)cccc2Cl)n1. The molecule has 0 aliphatic carbocycles. The third-order valence-corrected chi connectivity index (χ3v) is 3.67. The highest BCUT2D eigenvalue weighted by Crippen LogP contribution is 2.28. The van der Waals surface area contributed by atoms with Crippen molar-refractivity contribution >= 4 is 45.0 Å². The van der Waals surface area contributed by atoms with Crippen LogP contribution in [0.5, 0.6) is 0 Å². The standard InChI is InChI=1S/C14H13BrCl2N4O/c1-3-11-19-13(14(22)18-7-8(2)15)20-21(11)12-9(16)5-4-6-10(12)17/h4-6H,2-3,7H2,1H3,(H,18,22). The molecule has 0 bridgehead atoms. The predicted octanol–water partition coefficient (Wildman–Crippen LogP) is 3.77. The van der Waals surface area contributed by atoms with Crippen molar-refractivity contribution in [1.82, 2.24) is 20.1 Å². The second-order valence-corrected chi connectivity index (χ2v) is 6.32. The molecule has 8 heteroatoms. The average Bonchev–Trinajstić information content (AvgIpc) is 2.88. The van der Waals surface area contributed by atoms with Crippen molar-refractivity contribution < 1.29 is 4.79 Å². The molecule has 0 unspecified atom stereocenters. The molecule has 1 heterocycles. The van der Waals surface area contributed by atoms with Crippen LogP contribution in [0.3, 0.4) is 0 Å². The number of para-hydroxylation sites is 1. The van der Waals surface area contributed by atoms with E-state index in [1.807, 2.05) is 6.92 Å². The average molecular weight is 404 g/mol. The van der Waals surface area contributed by atoms with Crippen LogP contribution in [0.1, 0.15) is 23.4 Å². The molecule has 0 radical (unpaired) electrons. The highest BCUT2D eigenvalue weighted by atomic mass is 79.9. The molecular formula is C14H13BrCl2N4O. The molecule has 2 aromatic rings. The number of nitrogens with zero attached hydrogens (tertiary/aromatic N) is 3. The van der Waals surface area contributed by atoms with Crippen LogP contribution >= 0.6 is 39.1 Å². The fourth-order valence-electron chi connectivity index (χ4n) is 1.80. The van der Waals surface area contributed by atoms with Crippen LogP contribution in [-0.4, -0.2) is 27.2 Å².